The summed E-state index contributed by atoms with van der Waals surface area (Å²) in [7, 11) is 0. The van der Waals surface area contributed by atoms with E-state index in [0.717, 1.165) is 25.7 Å². The maximum absolute atomic E-state index is 11.1. The molecule has 0 aliphatic heterocycles. The predicted molar refractivity (Wildman–Crippen MR) is 79.4 cm³/mol. The molecule has 0 spiro atoms. The third-order valence-electron chi connectivity index (χ3n) is 3.12. The van der Waals surface area contributed by atoms with Crippen molar-refractivity contribution in [1.29, 1.82) is 0 Å². The van der Waals surface area contributed by atoms with Crippen LogP contribution in [0.25, 0.3) is 0 Å². The van der Waals surface area contributed by atoms with Crippen molar-refractivity contribution in [2.45, 2.75) is 78.1 Å². The normalized spacial score (nSPS) is 10.3. The highest BCUT2D eigenvalue weighted by Crippen LogP contribution is 2.11. The van der Waals surface area contributed by atoms with Gasteiger partial charge in [-0.2, -0.15) is 0 Å². The van der Waals surface area contributed by atoms with Gasteiger partial charge in [0.25, 0.3) is 0 Å². The van der Waals surface area contributed by atoms with Gasteiger partial charge in [0, 0.05) is 12.8 Å². The van der Waals surface area contributed by atoms with Crippen molar-refractivity contribution in [3.05, 3.63) is 0 Å². The molecule has 0 heterocycles. The minimum Gasteiger partial charge on any atom is -0.466 e. The summed E-state index contributed by atoms with van der Waals surface area (Å²) in [5.74, 6) is -0.155. The SMILES string of the molecule is CCOC(=O)CCCCCCCCCCC(=O)OCC. The number of rotatable bonds is 13. The van der Waals surface area contributed by atoms with Gasteiger partial charge in [0.05, 0.1) is 13.2 Å². The molecule has 0 fully saturated rings. The molecule has 0 atom stereocenters. The van der Waals surface area contributed by atoms with Crippen LogP contribution < -0.4 is 0 Å². The Morgan fingerprint density at radius 2 is 0.900 bits per heavy atom. The molecule has 0 aliphatic rings. The highest BCUT2D eigenvalue weighted by atomic mass is 16.5. The van der Waals surface area contributed by atoms with Crippen LogP contribution in [0.1, 0.15) is 78.1 Å². The fraction of sp³-hybridized carbons (Fsp3) is 0.875. The van der Waals surface area contributed by atoms with Gasteiger partial charge < -0.3 is 9.47 Å². The third-order valence-corrected chi connectivity index (χ3v) is 3.12. The zero-order chi connectivity index (χ0) is 15.1. The van der Waals surface area contributed by atoms with Crippen molar-refractivity contribution in [2.75, 3.05) is 13.2 Å². The molecule has 0 bridgehead atoms. The van der Waals surface area contributed by atoms with Gasteiger partial charge in [0.1, 0.15) is 0 Å². The first-order valence-electron chi connectivity index (χ1n) is 8.02. The molecule has 0 saturated heterocycles. The summed E-state index contributed by atoms with van der Waals surface area (Å²) in [4.78, 5) is 22.2. The van der Waals surface area contributed by atoms with Crippen LogP contribution in [-0.4, -0.2) is 25.2 Å². The summed E-state index contributed by atoms with van der Waals surface area (Å²) in [6.07, 6.45) is 9.94. The molecule has 0 aromatic carbocycles. The van der Waals surface area contributed by atoms with Gasteiger partial charge >= 0.3 is 11.9 Å². The van der Waals surface area contributed by atoms with E-state index in [1.54, 1.807) is 0 Å². The highest BCUT2D eigenvalue weighted by molar-refractivity contribution is 5.69. The molecule has 0 amide bonds. The monoisotopic (exact) mass is 286 g/mol. The van der Waals surface area contributed by atoms with Crippen molar-refractivity contribution in [2.24, 2.45) is 0 Å². The lowest BCUT2D eigenvalue weighted by molar-refractivity contribution is -0.144. The van der Waals surface area contributed by atoms with Crippen molar-refractivity contribution in [1.82, 2.24) is 0 Å². The lowest BCUT2D eigenvalue weighted by Crippen LogP contribution is -2.03. The van der Waals surface area contributed by atoms with E-state index in [1.807, 2.05) is 13.8 Å². The standard InChI is InChI=1S/C16H30O4/c1-3-19-15(17)13-11-9-7-5-6-8-10-12-14-16(18)20-4-2/h3-14H2,1-2H3. The van der Waals surface area contributed by atoms with E-state index in [2.05, 4.69) is 0 Å². The average molecular weight is 286 g/mol. The quantitative estimate of drug-likeness (QED) is 0.379. The first-order chi connectivity index (χ1) is 9.70. The molecular weight excluding hydrogens is 256 g/mol. The summed E-state index contributed by atoms with van der Waals surface area (Å²) in [6, 6.07) is 0. The number of ether oxygens (including phenoxy) is 2. The molecule has 0 aromatic rings. The van der Waals surface area contributed by atoms with Crippen LogP contribution in [0.3, 0.4) is 0 Å². The first-order valence-corrected chi connectivity index (χ1v) is 8.02. The Morgan fingerprint density at radius 3 is 1.20 bits per heavy atom. The lowest BCUT2D eigenvalue weighted by atomic mass is 10.1. The number of carbonyl (C=O) groups excluding carboxylic acids is 2. The Labute approximate surface area is 123 Å². The predicted octanol–water partition coefficient (Wildman–Crippen LogP) is 4.01. The molecule has 0 unspecified atom stereocenters. The maximum atomic E-state index is 11.1. The summed E-state index contributed by atoms with van der Waals surface area (Å²) in [5.41, 5.74) is 0. The lowest BCUT2D eigenvalue weighted by Gasteiger charge is -2.03. The van der Waals surface area contributed by atoms with Crippen LogP contribution in [0.4, 0.5) is 0 Å². The second-order valence-corrected chi connectivity index (χ2v) is 4.94. The Hall–Kier alpha value is -1.06. The van der Waals surface area contributed by atoms with E-state index >= 15 is 0 Å². The van der Waals surface area contributed by atoms with Crippen LogP contribution >= 0.6 is 0 Å². The minimum atomic E-state index is -0.0773. The molecule has 0 aromatic heterocycles. The molecule has 0 N–H and O–H groups in total. The minimum absolute atomic E-state index is 0.0773. The van der Waals surface area contributed by atoms with Crippen molar-refractivity contribution >= 4 is 11.9 Å². The average Bonchev–Trinajstić information content (AvgIpc) is 2.41. The Bertz CT molecular complexity index is 225. The topological polar surface area (TPSA) is 52.6 Å². The first kappa shape index (κ1) is 18.9. The van der Waals surface area contributed by atoms with Crippen LogP contribution in [-0.2, 0) is 19.1 Å². The fourth-order valence-electron chi connectivity index (χ4n) is 2.07. The van der Waals surface area contributed by atoms with E-state index in [0.29, 0.717) is 26.1 Å². The zero-order valence-corrected chi connectivity index (χ0v) is 13.1. The van der Waals surface area contributed by atoms with Crippen molar-refractivity contribution < 1.29 is 19.1 Å². The second kappa shape index (κ2) is 14.4. The van der Waals surface area contributed by atoms with Gasteiger partial charge in [-0.05, 0) is 26.7 Å². The van der Waals surface area contributed by atoms with Gasteiger partial charge in [-0.3, -0.25) is 9.59 Å². The van der Waals surface area contributed by atoms with Crippen LogP contribution in [0.2, 0.25) is 0 Å². The Morgan fingerprint density at radius 1 is 0.600 bits per heavy atom. The third kappa shape index (κ3) is 13.4. The van der Waals surface area contributed by atoms with Crippen LogP contribution in [0.15, 0.2) is 0 Å². The largest absolute Gasteiger partial charge is 0.466 e. The van der Waals surface area contributed by atoms with Gasteiger partial charge in [0.2, 0.25) is 0 Å². The maximum Gasteiger partial charge on any atom is 0.305 e. The highest BCUT2D eigenvalue weighted by Gasteiger charge is 2.02. The smallest absolute Gasteiger partial charge is 0.305 e. The number of esters is 2. The van der Waals surface area contributed by atoms with E-state index in [1.165, 1.54) is 25.7 Å². The molecule has 0 aliphatic carbocycles. The number of carbonyl (C=O) groups is 2. The Kier molecular flexibility index (Phi) is 13.6. The van der Waals surface area contributed by atoms with Crippen LogP contribution in [0.5, 0.6) is 0 Å². The zero-order valence-electron chi connectivity index (χ0n) is 13.1. The van der Waals surface area contributed by atoms with Gasteiger partial charge in [-0.15, -0.1) is 0 Å². The van der Waals surface area contributed by atoms with E-state index in [9.17, 15) is 9.59 Å². The molecule has 4 nitrogen and oxygen atoms in total. The molecule has 0 rings (SSSR count). The molecule has 0 saturated carbocycles. The number of hydrogen-bond acceptors (Lipinski definition) is 4. The van der Waals surface area contributed by atoms with E-state index in [-0.39, 0.29) is 11.9 Å². The molecule has 4 heteroatoms. The summed E-state index contributed by atoms with van der Waals surface area (Å²) in [5, 5.41) is 0. The summed E-state index contributed by atoms with van der Waals surface area (Å²) >= 11 is 0. The van der Waals surface area contributed by atoms with Crippen molar-refractivity contribution in [3.8, 4) is 0 Å². The number of unbranched alkanes of at least 4 members (excludes halogenated alkanes) is 7. The van der Waals surface area contributed by atoms with Gasteiger partial charge in [0.15, 0.2) is 0 Å². The van der Waals surface area contributed by atoms with E-state index in [4.69, 9.17) is 9.47 Å². The van der Waals surface area contributed by atoms with E-state index < -0.39 is 0 Å². The fourth-order valence-corrected chi connectivity index (χ4v) is 2.07. The molecule has 0 radical (unpaired) electrons. The molecule has 20 heavy (non-hydrogen) atoms. The number of hydrogen-bond donors (Lipinski definition) is 0. The molecule has 118 valence electrons. The van der Waals surface area contributed by atoms with Gasteiger partial charge in [-0.25, -0.2) is 0 Å². The van der Waals surface area contributed by atoms with Crippen LogP contribution in [0, 0.1) is 0 Å². The van der Waals surface area contributed by atoms with Crippen molar-refractivity contribution in [3.63, 3.8) is 0 Å². The second-order valence-electron chi connectivity index (χ2n) is 4.94. The summed E-state index contributed by atoms with van der Waals surface area (Å²) < 4.78 is 9.75. The Balaban J connectivity index is 3.13. The molecular formula is C16H30O4. The summed E-state index contributed by atoms with van der Waals surface area (Å²) in [6.45, 7) is 4.62. The van der Waals surface area contributed by atoms with Gasteiger partial charge in [-0.1, -0.05) is 38.5 Å².